The first kappa shape index (κ1) is 8.95. The Morgan fingerprint density at radius 2 is 1.20 bits per heavy atom. The van der Waals surface area contributed by atoms with Crippen molar-refractivity contribution in [1.29, 1.82) is 0 Å². The second-order valence-electron chi connectivity index (χ2n) is 0.167. The molecule has 0 aliphatic carbocycles. The second kappa shape index (κ2) is 30.1. The van der Waals surface area contributed by atoms with Gasteiger partial charge in [-0.05, 0) is 0 Å². The quantitative estimate of drug-likeness (QED) is 0.139. The molecule has 0 aliphatic heterocycles. The monoisotopic (exact) mass is 96.0 g/mol. The molecule has 0 spiro atoms. The summed E-state index contributed by atoms with van der Waals surface area (Å²) in [6.45, 7) is 0. The number of hydrogen-bond donors (Lipinski definition) is 5. The minimum Gasteiger partial charge on any atom is -0.281 e. The smallest absolute Gasteiger partial charge is 0.103 e. The molecule has 0 amide bonds. The molecule has 0 heterocycles. The van der Waals surface area contributed by atoms with E-state index in [2.05, 4.69) is 29.6 Å². The summed E-state index contributed by atoms with van der Waals surface area (Å²) in [6.07, 6.45) is 0. The first-order chi connectivity index (χ1) is 2.41. The fourth-order valence-electron chi connectivity index (χ4n) is 0. The maximum absolute atomic E-state index is 4.38. The molecule has 0 rings (SSSR count). The third-order valence-electron chi connectivity index (χ3n) is 0. The minimum absolute atomic E-state index is 1.75. The fraction of sp³-hybridized carbons (Fsp3) is 0. The van der Waals surface area contributed by atoms with Gasteiger partial charge in [0, 0.05) is 0 Å². The van der Waals surface area contributed by atoms with Crippen LogP contribution in [0.4, 0.5) is 0 Å². The highest BCUT2D eigenvalue weighted by Gasteiger charge is 1.19. The van der Waals surface area contributed by atoms with Crippen LogP contribution in [0.15, 0.2) is 0 Å². The Bertz CT molecular complexity index is 3.61. The van der Waals surface area contributed by atoms with E-state index >= 15 is 0 Å². The van der Waals surface area contributed by atoms with Gasteiger partial charge in [0.15, 0.2) is 0 Å². The molecule has 5 heavy (non-hydrogen) atoms. The standard InChI is InChI=1S/H5N3.H3NS/c1-3-2;1-2/h3H,1-2H2;2H,1H2. The van der Waals surface area contributed by atoms with Crippen molar-refractivity contribution in [2.24, 2.45) is 16.8 Å². The minimum atomic E-state index is 1.75. The van der Waals surface area contributed by atoms with Gasteiger partial charge in [-0.2, -0.15) is 5.53 Å². The molecule has 0 saturated heterocycles. The molecule has 0 unspecified atom stereocenters. The Morgan fingerprint density at radius 1 is 1.20 bits per heavy atom. The molecule has 0 bridgehead atoms. The van der Waals surface area contributed by atoms with E-state index in [0.29, 0.717) is 0 Å². The van der Waals surface area contributed by atoms with E-state index in [1.807, 2.05) is 0 Å². The average Bonchev–Trinajstić information content (AvgIpc) is 1.46. The molecule has 0 aromatic rings. The molecular weight excluding hydrogens is 88.1 g/mol. The van der Waals surface area contributed by atoms with Gasteiger partial charge in [0.05, 0.1) is 0 Å². The Morgan fingerprint density at radius 3 is 1.20 bits per heavy atom. The summed E-state index contributed by atoms with van der Waals surface area (Å²) in [6, 6.07) is 0. The van der Waals surface area contributed by atoms with Gasteiger partial charge in [0.1, 0.15) is 0 Å². The third kappa shape index (κ3) is 557. The van der Waals surface area contributed by atoms with Crippen molar-refractivity contribution in [2.45, 2.75) is 0 Å². The second-order valence-corrected chi connectivity index (χ2v) is 0.167. The summed E-state index contributed by atoms with van der Waals surface area (Å²) in [4.78, 5) is 0. The van der Waals surface area contributed by atoms with Gasteiger partial charge in [-0.3, -0.25) is 16.8 Å². The highest BCUT2D eigenvalue weighted by atomic mass is 32.1. The summed E-state index contributed by atoms with van der Waals surface area (Å²) in [5.41, 5.74) is 1.75. The molecule has 7 N–H and O–H groups in total. The van der Waals surface area contributed by atoms with E-state index in [9.17, 15) is 0 Å². The van der Waals surface area contributed by atoms with Crippen LogP contribution in [0.5, 0.6) is 0 Å². The largest absolute Gasteiger partial charge is 0.281 e. The lowest BCUT2D eigenvalue weighted by Crippen LogP contribution is -2.29. The first-order valence-corrected chi connectivity index (χ1v) is 1.35. The van der Waals surface area contributed by atoms with Gasteiger partial charge in [-0.25, -0.2) is 0 Å². The molecule has 34 valence electrons. The fourth-order valence-corrected chi connectivity index (χ4v) is 0. The summed E-state index contributed by atoms with van der Waals surface area (Å²) < 4.78 is 0. The molecule has 0 atom stereocenters. The Hall–Kier alpha value is 0.190. The van der Waals surface area contributed by atoms with Crippen LogP contribution in [0.2, 0.25) is 0 Å². The molecule has 0 aliphatic rings. The van der Waals surface area contributed by atoms with Crippen molar-refractivity contribution >= 4 is 12.8 Å². The molecule has 0 aromatic carbocycles. The molecule has 4 nitrogen and oxygen atoms in total. The van der Waals surface area contributed by atoms with Crippen molar-refractivity contribution < 1.29 is 0 Å². The van der Waals surface area contributed by atoms with Crippen molar-refractivity contribution in [3.8, 4) is 0 Å². The van der Waals surface area contributed by atoms with Crippen molar-refractivity contribution in [2.75, 3.05) is 0 Å². The van der Waals surface area contributed by atoms with Crippen LogP contribution in [0, 0.1) is 0 Å². The first-order valence-electron chi connectivity index (χ1n) is 0.836. The molecule has 0 radical (unpaired) electrons. The predicted octanol–water partition coefficient (Wildman–Crippen LogP) is -1.89. The van der Waals surface area contributed by atoms with E-state index < -0.39 is 0 Å². The van der Waals surface area contributed by atoms with E-state index in [0.717, 1.165) is 0 Å². The van der Waals surface area contributed by atoms with Crippen LogP contribution in [0.25, 0.3) is 0 Å². The molecule has 0 saturated carbocycles. The lowest BCUT2D eigenvalue weighted by atomic mass is 12.6. The zero-order valence-electron chi connectivity index (χ0n) is 2.68. The van der Waals surface area contributed by atoms with Crippen LogP contribution in [-0.4, -0.2) is 0 Å². The van der Waals surface area contributed by atoms with Gasteiger partial charge >= 0.3 is 0 Å². The van der Waals surface area contributed by atoms with Crippen molar-refractivity contribution in [1.82, 2.24) is 5.53 Å². The van der Waals surface area contributed by atoms with Crippen LogP contribution >= 0.6 is 12.8 Å². The Labute approximate surface area is 36.2 Å². The number of nitrogens with two attached hydrogens (primary N) is 3. The van der Waals surface area contributed by atoms with Gasteiger partial charge in [0.25, 0.3) is 0 Å². The van der Waals surface area contributed by atoms with Gasteiger partial charge in [-0.1, -0.05) is 0 Å². The molecule has 0 aromatic heterocycles. The Kier molecular flexibility index (Phi) is 53.9. The highest BCUT2D eigenvalue weighted by molar-refractivity contribution is 7.77. The highest BCUT2D eigenvalue weighted by Crippen LogP contribution is 1.12. The maximum Gasteiger partial charge on any atom is -0.103 e. The number of hydrogen-bond acceptors (Lipinski definition) is 5. The summed E-state index contributed by atoms with van der Waals surface area (Å²) >= 11 is 3.03. The number of hydrazine groups is 2. The molecular formula is H8N4S. The normalized spacial score (nSPS) is 4.80. The zero-order valence-corrected chi connectivity index (χ0v) is 3.57. The number of thiol groups is 1. The van der Waals surface area contributed by atoms with Crippen LogP contribution < -0.4 is 22.4 Å². The summed E-state index contributed by atoms with van der Waals surface area (Å²) in [5, 5.41) is 4.19. The van der Waals surface area contributed by atoms with Gasteiger partial charge < -0.3 is 0 Å². The third-order valence-corrected chi connectivity index (χ3v) is 0. The maximum atomic E-state index is 4.38. The summed E-state index contributed by atoms with van der Waals surface area (Å²) in [5.74, 6) is 8.75. The van der Waals surface area contributed by atoms with Crippen LogP contribution in [0.1, 0.15) is 0 Å². The average molecular weight is 96.2 g/mol. The SMILES string of the molecule is NNN.NS. The predicted molar refractivity (Wildman–Crippen MR) is 24.7 cm³/mol. The lowest BCUT2D eigenvalue weighted by Gasteiger charge is -1.64. The van der Waals surface area contributed by atoms with Gasteiger partial charge in [0.2, 0.25) is 0 Å². The van der Waals surface area contributed by atoms with E-state index in [-0.39, 0.29) is 0 Å². The topological polar surface area (TPSA) is 90.1 Å². The zero-order chi connectivity index (χ0) is 4.71. The Balaban J connectivity index is 0. The summed E-state index contributed by atoms with van der Waals surface area (Å²) in [7, 11) is 0. The molecule has 0 fully saturated rings. The number of rotatable bonds is 0. The lowest BCUT2D eigenvalue weighted by molar-refractivity contribution is 0.803. The van der Waals surface area contributed by atoms with Crippen LogP contribution in [-0.2, 0) is 0 Å². The van der Waals surface area contributed by atoms with E-state index in [1.165, 1.54) is 0 Å². The number of nitrogens with one attached hydrogen (secondary N) is 1. The van der Waals surface area contributed by atoms with E-state index in [4.69, 9.17) is 0 Å². The molecule has 5 heteroatoms. The van der Waals surface area contributed by atoms with Crippen molar-refractivity contribution in [3.63, 3.8) is 0 Å². The van der Waals surface area contributed by atoms with Crippen molar-refractivity contribution in [3.05, 3.63) is 0 Å². The van der Waals surface area contributed by atoms with Gasteiger partial charge in [-0.15, -0.1) is 12.8 Å². The van der Waals surface area contributed by atoms with Crippen LogP contribution in [0.3, 0.4) is 0 Å². The van der Waals surface area contributed by atoms with E-state index in [1.54, 1.807) is 5.53 Å².